The van der Waals surface area contributed by atoms with Crippen molar-refractivity contribution in [2.45, 2.75) is 45.4 Å². The number of carbonyl (C=O) groups is 1. The molecule has 21 heavy (non-hydrogen) atoms. The van der Waals surface area contributed by atoms with E-state index in [2.05, 4.69) is 4.98 Å². The quantitative estimate of drug-likeness (QED) is 0.849. The molecular weight excluding hydrogens is 262 g/mol. The van der Waals surface area contributed by atoms with Crippen molar-refractivity contribution >= 4 is 5.78 Å². The maximum Gasteiger partial charge on any atom is 0.213 e. The highest BCUT2D eigenvalue weighted by Gasteiger charge is 2.54. The Hall–Kier alpha value is -1.38. The molecular formula is C18H23NO2. The third-order valence-corrected chi connectivity index (χ3v) is 5.84. The van der Waals surface area contributed by atoms with E-state index in [9.17, 15) is 4.79 Å². The predicted molar refractivity (Wildman–Crippen MR) is 80.1 cm³/mol. The zero-order valence-corrected chi connectivity index (χ0v) is 12.7. The highest BCUT2D eigenvalue weighted by molar-refractivity contribution is 5.86. The lowest BCUT2D eigenvalue weighted by Gasteiger charge is -2.55. The van der Waals surface area contributed by atoms with Crippen molar-refractivity contribution in [3.63, 3.8) is 0 Å². The van der Waals surface area contributed by atoms with Crippen molar-refractivity contribution in [3.8, 4) is 5.88 Å². The van der Waals surface area contributed by atoms with Crippen LogP contribution >= 0.6 is 0 Å². The molecule has 1 heterocycles. The van der Waals surface area contributed by atoms with Crippen LogP contribution < -0.4 is 4.74 Å². The molecule has 4 aliphatic carbocycles. The summed E-state index contributed by atoms with van der Waals surface area (Å²) in [6.45, 7) is 2.14. The van der Waals surface area contributed by atoms with Gasteiger partial charge in [-0.05, 0) is 69.3 Å². The first-order valence-electron chi connectivity index (χ1n) is 8.23. The fourth-order valence-electron chi connectivity index (χ4n) is 5.34. The molecule has 5 rings (SSSR count). The highest BCUT2D eigenvalue weighted by atomic mass is 16.5. The topological polar surface area (TPSA) is 39.2 Å². The minimum Gasteiger partial charge on any atom is -0.470 e. The molecule has 0 amide bonds. The van der Waals surface area contributed by atoms with E-state index in [0.717, 1.165) is 42.7 Å². The van der Waals surface area contributed by atoms with Crippen LogP contribution in [0.2, 0.25) is 0 Å². The monoisotopic (exact) mass is 285 g/mol. The molecule has 4 bridgehead atoms. The molecule has 4 saturated carbocycles. The summed E-state index contributed by atoms with van der Waals surface area (Å²) in [5, 5.41) is 0. The molecule has 1 aromatic heterocycles. The van der Waals surface area contributed by atoms with E-state index in [1.54, 1.807) is 0 Å². The van der Waals surface area contributed by atoms with E-state index >= 15 is 0 Å². The molecule has 1 aromatic rings. The SMILES string of the molecule is Cc1cccc(OCC(=O)C23CC4CC(CC(C4)C2)C3)n1. The first-order chi connectivity index (χ1) is 10.1. The zero-order chi connectivity index (χ0) is 14.4. The van der Waals surface area contributed by atoms with Crippen molar-refractivity contribution in [2.75, 3.05) is 6.61 Å². The van der Waals surface area contributed by atoms with E-state index in [0.29, 0.717) is 11.7 Å². The minimum atomic E-state index is -0.0570. The standard InChI is InChI=1S/C18H23NO2/c1-12-3-2-4-17(19-12)21-11-16(20)18-8-13-5-14(9-18)7-15(6-13)10-18/h2-4,13-15H,5-11H2,1H3. The fraction of sp³-hybridized carbons (Fsp3) is 0.667. The molecule has 0 unspecified atom stereocenters. The summed E-state index contributed by atoms with van der Waals surface area (Å²) in [5.41, 5.74) is 0.869. The first-order valence-corrected chi connectivity index (χ1v) is 8.23. The largest absolute Gasteiger partial charge is 0.470 e. The van der Waals surface area contributed by atoms with Crippen molar-refractivity contribution in [1.82, 2.24) is 4.98 Å². The number of Topliss-reactive ketones (excluding diaryl/α,β-unsaturated/α-hetero) is 1. The van der Waals surface area contributed by atoms with Crippen LogP contribution in [0.1, 0.15) is 44.2 Å². The van der Waals surface area contributed by atoms with Gasteiger partial charge < -0.3 is 4.74 Å². The predicted octanol–water partition coefficient (Wildman–Crippen LogP) is 3.55. The molecule has 0 radical (unpaired) electrons. The van der Waals surface area contributed by atoms with Gasteiger partial charge >= 0.3 is 0 Å². The van der Waals surface area contributed by atoms with Crippen LogP contribution in [0.4, 0.5) is 0 Å². The summed E-state index contributed by atoms with van der Waals surface area (Å²) in [4.78, 5) is 17.1. The maximum atomic E-state index is 12.8. The summed E-state index contributed by atoms with van der Waals surface area (Å²) in [6, 6.07) is 5.70. The Morgan fingerprint density at radius 3 is 2.38 bits per heavy atom. The van der Waals surface area contributed by atoms with E-state index in [1.165, 1.54) is 19.3 Å². The number of ketones is 1. The maximum absolute atomic E-state index is 12.8. The molecule has 0 atom stereocenters. The minimum absolute atomic E-state index is 0.0570. The van der Waals surface area contributed by atoms with Gasteiger partial charge in [-0.2, -0.15) is 0 Å². The Labute approximate surface area is 126 Å². The van der Waals surface area contributed by atoms with Crippen molar-refractivity contribution in [1.29, 1.82) is 0 Å². The molecule has 3 nitrogen and oxygen atoms in total. The van der Waals surface area contributed by atoms with E-state index in [-0.39, 0.29) is 12.0 Å². The molecule has 4 fully saturated rings. The van der Waals surface area contributed by atoms with Crippen LogP contribution in [0, 0.1) is 30.1 Å². The molecule has 0 N–H and O–H groups in total. The highest BCUT2D eigenvalue weighted by Crippen LogP contribution is 2.60. The number of hydrogen-bond acceptors (Lipinski definition) is 3. The summed E-state index contributed by atoms with van der Waals surface area (Å²) in [5.74, 6) is 3.31. The van der Waals surface area contributed by atoms with Gasteiger partial charge in [0.15, 0.2) is 5.78 Å². The van der Waals surface area contributed by atoms with E-state index in [4.69, 9.17) is 4.74 Å². The Balaban J connectivity index is 1.45. The van der Waals surface area contributed by atoms with E-state index in [1.807, 2.05) is 25.1 Å². The Kier molecular flexibility index (Phi) is 3.05. The summed E-state index contributed by atoms with van der Waals surface area (Å²) in [7, 11) is 0. The van der Waals surface area contributed by atoms with Gasteiger partial charge in [0, 0.05) is 17.2 Å². The number of rotatable bonds is 4. The second-order valence-corrected chi connectivity index (χ2v) is 7.53. The van der Waals surface area contributed by atoms with Gasteiger partial charge in [-0.25, -0.2) is 4.98 Å². The van der Waals surface area contributed by atoms with Crippen molar-refractivity contribution < 1.29 is 9.53 Å². The third-order valence-electron chi connectivity index (χ3n) is 5.84. The van der Waals surface area contributed by atoms with Crippen LogP contribution in [0.5, 0.6) is 5.88 Å². The van der Waals surface area contributed by atoms with Gasteiger partial charge in [-0.1, -0.05) is 6.07 Å². The molecule has 0 aromatic carbocycles. The number of pyridine rings is 1. The molecule has 0 saturated heterocycles. The average molecular weight is 285 g/mol. The van der Waals surface area contributed by atoms with Gasteiger partial charge in [0.1, 0.15) is 6.61 Å². The second kappa shape index (κ2) is 4.82. The Morgan fingerprint density at radius 2 is 1.81 bits per heavy atom. The second-order valence-electron chi connectivity index (χ2n) is 7.53. The number of nitrogens with zero attached hydrogens (tertiary/aromatic N) is 1. The van der Waals surface area contributed by atoms with Crippen LogP contribution in [-0.2, 0) is 4.79 Å². The fourth-order valence-corrected chi connectivity index (χ4v) is 5.34. The molecule has 0 spiro atoms. The van der Waals surface area contributed by atoms with Gasteiger partial charge in [0.2, 0.25) is 5.88 Å². The van der Waals surface area contributed by atoms with Gasteiger partial charge in [0.05, 0.1) is 0 Å². The van der Waals surface area contributed by atoms with Crippen LogP contribution in [-0.4, -0.2) is 17.4 Å². The average Bonchev–Trinajstić information content (AvgIpc) is 2.43. The zero-order valence-electron chi connectivity index (χ0n) is 12.7. The van der Waals surface area contributed by atoms with Crippen LogP contribution in [0.25, 0.3) is 0 Å². The van der Waals surface area contributed by atoms with Crippen molar-refractivity contribution in [2.24, 2.45) is 23.2 Å². The Bertz CT molecular complexity index is 531. The van der Waals surface area contributed by atoms with Crippen LogP contribution in [0.15, 0.2) is 18.2 Å². The normalized spacial score (nSPS) is 36.7. The van der Waals surface area contributed by atoms with Gasteiger partial charge in [0.25, 0.3) is 0 Å². The van der Waals surface area contributed by atoms with E-state index < -0.39 is 0 Å². The lowest BCUT2D eigenvalue weighted by molar-refractivity contribution is -0.146. The molecule has 4 aliphatic rings. The number of carbonyl (C=O) groups excluding carboxylic acids is 1. The van der Waals surface area contributed by atoms with Gasteiger partial charge in [-0.3, -0.25) is 4.79 Å². The number of aromatic nitrogens is 1. The summed E-state index contributed by atoms with van der Waals surface area (Å²) < 4.78 is 5.68. The lowest BCUT2D eigenvalue weighted by atomic mass is 9.48. The first kappa shape index (κ1) is 13.3. The Morgan fingerprint density at radius 1 is 1.19 bits per heavy atom. The molecule has 0 aliphatic heterocycles. The van der Waals surface area contributed by atoms with Crippen molar-refractivity contribution in [3.05, 3.63) is 23.9 Å². The lowest BCUT2D eigenvalue weighted by Crippen LogP contribution is -2.51. The molecule has 112 valence electrons. The summed E-state index contributed by atoms with van der Waals surface area (Å²) in [6.07, 6.45) is 7.44. The van der Waals surface area contributed by atoms with Crippen LogP contribution in [0.3, 0.4) is 0 Å². The number of ether oxygens (including phenoxy) is 1. The smallest absolute Gasteiger partial charge is 0.213 e. The summed E-state index contributed by atoms with van der Waals surface area (Å²) >= 11 is 0. The third kappa shape index (κ3) is 2.37. The number of hydrogen-bond donors (Lipinski definition) is 0. The van der Waals surface area contributed by atoms with Gasteiger partial charge in [-0.15, -0.1) is 0 Å². The molecule has 3 heteroatoms. The number of aryl methyl sites for hydroxylation is 1.